The monoisotopic (exact) mass is 383 g/mol. The Morgan fingerprint density at radius 1 is 1.14 bits per heavy atom. The quantitative estimate of drug-likeness (QED) is 0.428. The normalized spacial score (nSPS) is 12.0. The number of esters is 1. The second kappa shape index (κ2) is 9.45. The van der Waals surface area contributed by atoms with E-state index in [0.717, 1.165) is 16.9 Å². The highest BCUT2D eigenvalue weighted by Crippen LogP contribution is 2.32. The number of benzene rings is 2. The summed E-state index contributed by atoms with van der Waals surface area (Å²) in [5.41, 5.74) is 1.86. The average Bonchev–Trinajstić information content (AvgIpc) is 3.16. The van der Waals surface area contributed by atoms with Gasteiger partial charge in [-0.25, -0.2) is 4.79 Å². The van der Waals surface area contributed by atoms with Crippen LogP contribution in [0.1, 0.15) is 11.1 Å². The van der Waals surface area contributed by atoms with E-state index in [2.05, 4.69) is 5.32 Å². The number of amides is 1. The first kappa shape index (κ1) is 19.3. The summed E-state index contributed by atoms with van der Waals surface area (Å²) in [7, 11) is 0. The van der Waals surface area contributed by atoms with Crippen molar-refractivity contribution in [1.82, 2.24) is 5.32 Å². The summed E-state index contributed by atoms with van der Waals surface area (Å²) in [6.45, 7) is 2.46. The second-order valence-corrected chi connectivity index (χ2v) is 6.07. The Balaban J connectivity index is 1.33. The molecule has 0 saturated heterocycles. The molecular formula is C21H21NO6. The standard InChI is InChI=1S/C21H21NO6/c1-15-3-2-4-17(11-15)25-10-9-22-20(23)13-26-21(24)8-6-16-5-7-18-19(12-16)28-14-27-18/h2-8,11-12H,9-10,13-14H2,1H3,(H,22,23)/b8-6+. The minimum atomic E-state index is -0.608. The lowest BCUT2D eigenvalue weighted by molar-refractivity contribution is -0.143. The molecule has 1 aliphatic heterocycles. The Bertz CT molecular complexity index is 877. The van der Waals surface area contributed by atoms with Crippen LogP contribution in [0.4, 0.5) is 0 Å². The summed E-state index contributed by atoms with van der Waals surface area (Å²) in [5, 5.41) is 2.63. The first-order chi connectivity index (χ1) is 13.6. The first-order valence-corrected chi connectivity index (χ1v) is 8.81. The van der Waals surface area contributed by atoms with E-state index in [1.54, 1.807) is 24.3 Å². The molecular weight excluding hydrogens is 362 g/mol. The molecule has 0 fully saturated rings. The van der Waals surface area contributed by atoms with Crippen molar-refractivity contribution in [2.24, 2.45) is 0 Å². The third kappa shape index (κ3) is 5.77. The summed E-state index contributed by atoms with van der Waals surface area (Å²) in [4.78, 5) is 23.4. The fourth-order valence-electron chi connectivity index (χ4n) is 2.48. The van der Waals surface area contributed by atoms with Crippen LogP contribution in [0.25, 0.3) is 6.08 Å². The summed E-state index contributed by atoms with van der Waals surface area (Å²) in [6, 6.07) is 13.0. The van der Waals surface area contributed by atoms with Gasteiger partial charge in [-0.3, -0.25) is 4.79 Å². The van der Waals surface area contributed by atoms with E-state index >= 15 is 0 Å². The number of nitrogens with one attached hydrogen (secondary N) is 1. The molecule has 3 rings (SSSR count). The summed E-state index contributed by atoms with van der Waals surface area (Å²) >= 11 is 0. The van der Waals surface area contributed by atoms with Gasteiger partial charge in [0, 0.05) is 6.08 Å². The molecule has 2 aromatic carbocycles. The van der Waals surface area contributed by atoms with Crippen molar-refractivity contribution in [3.8, 4) is 17.2 Å². The van der Waals surface area contributed by atoms with Crippen LogP contribution in [0, 0.1) is 6.92 Å². The van der Waals surface area contributed by atoms with Crippen LogP contribution in [0.15, 0.2) is 48.5 Å². The van der Waals surface area contributed by atoms with Crippen LogP contribution in [0.2, 0.25) is 0 Å². The van der Waals surface area contributed by atoms with Crippen molar-refractivity contribution in [3.63, 3.8) is 0 Å². The fraction of sp³-hybridized carbons (Fsp3) is 0.238. The van der Waals surface area contributed by atoms with Gasteiger partial charge >= 0.3 is 5.97 Å². The van der Waals surface area contributed by atoms with Crippen LogP contribution >= 0.6 is 0 Å². The minimum Gasteiger partial charge on any atom is -0.492 e. The zero-order valence-corrected chi connectivity index (χ0v) is 15.5. The topological polar surface area (TPSA) is 83.1 Å². The zero-order valence-electron chi connectivity index (χ0n) is 15.5. The van der Waals surface area contributed by atoms with Gasteiger partial charge in [-0.15, -0.1) is 0 Å². The maximum atomic E-state index is 11.7. The van der Waals surface area contributed by atoms with E-state index in [1.165, 1.54) is 6.08 Å². The predicted molar refractivity (Wildman–Crippen MR) is 102 cm³/mol. The molecule has 146 valence electrons. The highest BCUT2D eigenvalue weighted by atomic mass is 16.7. The molecule has 0 spiro atoms. The van der Waals surface area contributed by atoms with Gasteiger partial charge in [0.2, 0.25) is 6.79 Å². The number of aryl methyl sites for hydroxylation is 1. The molecule has 28 heavy (non-hydrogen) atoms. The Kier molecular flexibility index (Phi) is 6.51. The molecule has 7 nitrogen and oxygen atoms in total. The SMILES string of the molecule is Cc1cccc(OCCNC(=O)COC(=O)/C=C/c2ccc3c(c2)OCO3)c1. The molecule has 0 atom stereocenters. The molecule has 2 aromatic rings. The maximum absolute atomic E-state index is 11.7. The van der Waals surface area contributed by atoms with Gasteiger partial charge in [0.15, 0.2) is 18.1 Å². The first-order valence-electron chi connectivity index (χ1n) is 8.81. The third-order valence-electron chi connectivity index (χ3n) is 3.84. The van der Waals surface area contributed by atoms with Crippen molar-refractivity contribution in [2.45, 2.75) is 6.92 Å². The van der Waals surface area contributed by atoms with Crippen molar-refractivity contribution in [2.75, 3.05) is 26.6 Å². The van der Waals surface area contributed by atoms with Gasteiger partial charge in [-0.05, 0) is 48.4 Å². The number of rotatable bonds is 8. The number of fused-ring (bicyclic) bond motifs is 1. The predicted octanol–water partition coefficient (Wildman–Crippen LogP) is 2.48. The Morgan fingerprint density at radius 3 is 2.86 bits per heavy atom. The van der Waals surface area contributed by atoms with Crippen LogP contribution < -0.4 is 19.5 Å². The molecule has 7 heteroatoms. The smallest absolute Gasteiger partial charge is 0.331 e. The van der Waals surface area contributed by atoms with Crippen molar-refractivity contribution in [3.05, 3.63) is 59.7 Å². The lowest BCUT2D eigenvalue weighted by Crippen LogP contribution is -2.31. The van der Waals surface area contributed by atoms with Crippen LogP contribution in [-0.2, 0) is 14.3 Å². The minimum absolute atomic E-state index is 0.190. The van der Waals surface area contributed by atoms with Gasteiger partial charge in [-0.1, -0.05) is 18.2 Å². The Morgan fingerprint density at radius 2 is 2.00 bits per heavy atom. The molecule has 0 aliphatic carbocycles. The largest absolute Gasteiger partial charge is 0.492 e. The molecule has 1 heterocycles. The summed E-state index contributed by atoms with van der Waals surface area (Å²) < 4.78 is 20.9. The molecule has 1 N–H and O–H groups in total. The van der Waals surface area contributed by atoms with Gasteiger partial charge < -0.3 is 24.3 Å². The maximum Gasteiger partial charge on any atom is 0.331 e. The van der Waals surface area contributed by atoms with Gasteiger partial charge in [0.25, 0.3) is 5.91 Å². The van der Waals surface area contributed by atoms with Crippen LogP contribution in [0.3, 0.4) is 0 Å². The number of ether oxygens (including phenoxy) is 4. The number of carbonyl (C=O) groups is 2. The third-order valence-corrected chi connectivity index (χ3v) is 3.84. The van der Waals surface area contributed by atoms with Crippen molar-refractivity contribution >= 4 is 18.0 Å². The molecule has 1 amide bonds. The van der Waals surface area contributed by atoms with E-state index in [0.29, 0.717) is 24.7 Å². The van der Waals surface area contributed by atoms with E-state index in [4.69, 9.17) is 18.9 Å². The van der Waals surface area contributed by atoms with Gasteiger partial charge in [0.05, 0.1) is 6.54 Å². The van der Waals surface area contributed by atoms with E-state index in [1.807, 2.05) is 31.2 Å². The van der Waals surface area contributed by atoms with E-state index in [-0.39, 0.29) is 13.4 Å². The average molecular weight is 383 g/mol. The van der Waals surface area contributed by atoms with Gasteiger partial charge in [-0.2, -0.15) is 0 Å². The summed E-state index contributed by atoms with van der Waals surface area (Å²) in [5.74, 6) is 1.04. The number of hydrogen-bond acceptors (Lipinski definition) is 6. The Hall–Kier alpha value is -3.48. The zero-order chi connectivity index (χ0) is 19.8. The molecule has 0 saturated carbocycles. The van der Waals surface area contributed by atoms with Crippen molar-refractivity contribution in [1.29, 1.82) is 0 Å². The highest BCUT2D eigenvalue weighted by Gasteiger charge is 2.12. The molecule has 1 aliphatic rings. The van der Waals surface area contributed by atoms with E-state index in [9.17, 15) is 9.59 Å². The fourth-order valence-corrected chi connectivity index (χ4v) is 2.48. The molecule has 0 aromatic heterocycles. The molecule has 0 unspecified atom stereocenters. The lowest BCUT2D eigenvalue weighted by Gasteiger charge is -2.08. The second-order valence-electron chi connectivity index (χ2n) is 6.07. The highest BCUT2D eigenvalue weighted by molar-refractivity contribution is 5.89. The summed E-state index contributed by atoms with van der Waals surface area (Å²) in [6.07, 6.45) is 2.84. The lowest BCUT2D eigenvalue weighted by atomic mass is 10.2. The van der Waals surface area contributed by atoms with Gasteiger partial charge in [0.1, 0.15) is 12.4 Å². The van der Waals surface area contributed by atoms with E-state index < -0.39 is 11.9 Å². The Labute approximate surface area is 162 Å². The van der Waals surface area contributed by atoms with Crippen molar-refractivity contribution < 1.29 is 28.5 Å². The number of hydrogen-bond donors (Lipinski definition) is 1. The molecule has 0 bridgehead atoms. The van der Waals surface area contributed by atoms with Crippen LogP contribution in [0.5, 0.6) is 17.2 Å². The molecule has 0 radical (unpaired) electrons. The number of carbonyl (C=O) groups excluding carboxylic acids is 2. The van der Waals surface area contributed by atoms with Crippen LogP contribution in [-0.4, -0.2) is 38.4 Å².